The number of sulfonamides is 1. The minimum Gasteiger partial charge on any atom is -0.508 e. The van der Waals surface area contributed by atoms with E-state index in [9.17, 15) is 13.5 Å². The van der Waals surface area contributed by atoms with Gasteiger partial charge in [0.15, 0.2) is 0 Å². The van der Waals surface area contributed by atoms with Crippen LogP contribution in [-0.2, 0) is 16.6 Å². The molecular weight excluding hydrogens is 390 g/mol. The van der Waals surface area contributed by atoms with Crippen LogP contribution in [0.25, 0.3) is 0 Å². The average molecular weight is 411 g/mol. The Labute approximate surface area is 168 Å². The van der Waals surface area contributed by atoms with Gasteiger partial charge in [0.25, 0.3) is 0 Å². The second-order valence-electron chi connectivity index (χ2n) is 6.83. The van der Waals surface area contributed by atoms with Crippen LogP contribution in [0.4, 0.5) is 5.69 Å². The molecule has 1 atom stereocenters. The summed E-state index contributed by atoms with van der Waals surface area (Å²) in [5.41, 5.74) is 3.40. The molecule has 0 bridgehead atoms. The highest BCUT2D eigenvalue weighted by molar-refractivity contribution is 7.89. The molecule has 0 amide bonds. The molecule has 3 aromatic rings. The topological polar surface area (TPSA) is 114 Å². The smallest absolute Gasteiger partial charge is 0.238 e. The Morgan fingerprint density at radius 2 is 1.97 bits per heavy atom. The molecule has 1 aliphatic rings. The lowest BCUT2D eigenvalue weighted by Gasteiger charge is -2.22. The summed E-state index contributed by atoms with van der Waals surface area (Å²) in [6.07, 6.45) is 4.42. The molecule has 0 saturated carbocycles. The van der Waals surface area contributed by atoms with Gasteiger partial charge < -0.3 is 5.11 Å². The van der Waals surface area contributed by atoms with Crippen molar-refractivity contribution in [3.05, 3.63) is 72.1 Å². The number of nitrogens with zero attached hydrogens (tertiary/aromatic N) is 4. The maximum Gasteiger partial charge on any atom is 0.238 e. The monoisotopic (exact) mass is 411 g/mol. The van der Waals surface area contributed by atoms with Crippen molar-refractivity contribution in [1.29, 1.82) is 0 Å². The second-order valence-corrected chi connectivity index (χ2v) is 8.39. The molecule has 2 aromatic carbocycles. The molecule has 3 N–H and O–H groups in total. The zero-order valence-electron chi connectivity index (χ0n) is 15.8. The van der Waals surface area contributed by atoms with Crippen molar-refractivity contribution in [3.8, 4) is 5.75 Å². The van der Waals surface area contributed by atoms with Crippen molar-refractivity contribution in [2.75, 3.05) is 5.01 Å². The lowest BCUT2D eigenvalue weighted by Crippen LogP contribution is -2.18. The van der Waals surface area contributed by atoms with Crippen molar-refractivity contribution in [3.63, 3.8) is 0 Å². The van der Waals surface area contributed by atoms with Crippen molar-refractivity contribution >= 4 is 21.4 Å². The van der Waals surface area contributed by atoms with Gasteiger partial charge in [-0.25, -0.2) is 13.6 Å². The molecule has 9 heteroatoms. The third-order valence-electron chi connectivity index (χ3n) is 4.88. The molecule has 0 spiro atoms. The molecular formula is C20H21N5O3S. The van der Waals surface area contributed by atoms with Gasteiger partial charge in [0.05, 0.1) is 28.5 Å². The summed E-state index contributed by atoms with van der Waals surface area (Å²) >= 11 is 0. The molecule has 0 aliphatic carbocycles. The van der Waals surface area contributed by atoms with Crippen molar-refractivity contribution < 1.29 is 13.5 Å². The van der Waals surface area contributed by atoms with E-state index in [1.165, 1.54) is 12.1 Å². The number of aromatic nitrogens is 2. The quantitative estimate of drug-likeness (QED) is 0.670. The summed E-state index contributed by atoms with van der Waals surface area (Å²) in [6, 6.07) is 13.2. The highest BCUT2D eigenvalue weighted by atomic mass is 32.2. The van der Waals surface area contributed by atoms with Gasteiger partial charge in [-0.05, 0) is 43.3 Å². The van der Waals surface area contributed by atoms with E-state index in [-0.39, 0.29) is 16.7 Å². The molecule has 2 heterocycles. The summed E-state index contributed by atoms with van der Waals surface area (Å²) in [7, 11) is -3.76. The van der Waals surface area contributed by atoms with Crippen LogP contribution in [0.2, 0.25) is 0 Å². The Morgan fingerprint density at radius 1 is 1.21 bits per heavy atom. The van der Waals surface area contributed by atoms with E-state index >= 15 is 0 Å². The highest BCUT2D eigenvalue weighted by Crippen LogP contribution is 2.37. The lowest BCUT2D eigenvalue weighted by atomic mass is 10.0. The number of anilines is 1. The van der Waals surface area contributed by atoms with Crippen LogP contribution in [0, 0.1) is 0 Å². The van der Waals surface area contributed by atoms with Crippen LogP contribution >= 0.6 is 0 Å². The first-order chi connectivity index (χ1) is 13.8. The van der Waals surface area contributed by atoms with E-state index in [0.717, 1.165) is 29.1 Å². The fraction of sp³-hybridized carbons (Fsp3) is 0.200. The lowest BCUT2D eigenvalue weighted by molar-refractivity contribution is 0.475. The normalized spacial score (nSPS) is 16.8. The molecule has 29 heavy (non-hydrogen) atoms. The van der Waals surface area contributed by atoms with E-state index in [2.05, 4.69) is 5.10 Å². The van der Waals surface area contributed by atoms with Gasteiger partial charge in [0.1, 0.15) is 5.75 Å². The Bertz CT molecular complexity index is 1170. The number of phenolic OH excluding ortho intramolecular Hbond substituents is 1. The molecule has 8 nitrogen and oxygen atoms in total. The van der Waals surface area contributed by atoms with Crippen molar-refractivity contribution in [2.24, 2.45) is 10.2 Å². The van der Waals surface area contributed by atoms with Gasteiger partial charge in [-0.15, -0.1) is 0 Å². The van der Waals surface area contributed by atoms with Crippen LogP contribution in [0.15, 0.2) is 70.9 Å². The SMILES string of the molecule is CCn1cc(C2CC(c3cccc(O)c3)=NN2c2ccc(S(N)(=O)=O)cc2)cn1. The molecule has 4 rings (SSSR count). The summed E-state index contributed by atoms with van der Waals surface area (Å²) in [4.78, 5) is 0.0491. The highest BCUT2D eigenvalue weighted by Gasteiger charge is 2.31. The Morgan fingerprint density at radius 3 is 2.59 bits per heavy atom. The predicted octanol–water partition coefficient (Wildman–Crippen LogP) is 2.61. The summed E-state index contributed by atoms with van der Waals surface area (Å²) in [5.74, 6) is 0.177. The summed E-state index contributed by atoms with van der Waals surface area (Å²) in [5, 5.41) is 26.0. The molecule has 0 radical (unpaired) electrons. The predicted molar refractivity (Wildman–Crippen MR) is 110 cm³/mol. The van der Waals surface area contributed by atoms with Crippen molar-refractivity contribution in [1.82, 2.24) is 9.78 Å². The average Bonchev–Trinajstić information content (AvgIpc) is 3.34. The van der Waals surface area contributed by atoms with Gasteiger partial charge >= 0.3 is 0 Å². The first kappa shape index (κ1) is 19.2. The largest absolute Gasteiger partial charge is 0.508 e. The second kappa shape index (κ2) is 7.34. The van der Waals surface area contributed by atoms with E-state index in [1.807, 2.05) is 35.1 Å². The number of hydrogen-bond donors (Lipinski definition) is 2. The van der Waals surface area contributed by atoms with Gasteiger partial charge in [-0.1, -0.05) is 12.1 Å². The molecule has 1 aromatic heterocycles. The van der Waals surface area contributed by atoms with E-state index in [4.69, 9.17) is 10.2 Å². The summed E-state index contributed by atoms with van der Waals surface area (Å²) in [6.45, 7) is 2.78. The van der Waals surface area contributed by atoms with Crippen LogP contribution in [0.3, 0.4) is 0 Å². The van der Waals surface area contributed by atoms with E-state index < -0.39 is 10.0 Å². The fourth-order valence-corrected chi connectivity index (χ4v) is 3.90. The number of aryl methyl sites for hydroxylation is 1. The number of hydrazone groups is 1. The third-order valence-corrected chi connectivity index (χ3v) is 5.81. The molecule has 150 valence electrons. The minimum atomic E-state index is -3.76. The number of phenols is 1. The fourth-order valence-electron chi connectivity index (χ4n) is 3.38. The maximum absolute atomic E-state index is 11.6. The molecule has 1 unspecified atom stereocenters. The Kier molecular flexibility index (Phi) is 4.85. The number of hydrogen-bond acceptors (Lipinski definition) is 6. The first-order valence-electron chi connectivity index (χ1n) is 9.16. The Balaban J connectivity index is 1.74. The number of benzene rings is 2. The molecule has 0 fully saturated rings. The standard InChI is InChI=1S/C20H21N5O3S/c1-2-24-13-15(12-22-24)20-11-19(14-4-3-5-17(26)10-14)23-25(20)16-6-8-18(9-7-16)29(21,27)28/h3-10,12-13,20,26H,2,11H2,1H3,(H2,21,27,28). The number of aromatic hydroxyl groups is 1. The van der Waals surface area contributed by atoms with Crippen LogP contribution < -0.4 is 10.1 Å². The van der Waals surface area contributed by atoms with Crippen LogP contribution in [0.1, 0.15) is 30.5 Å². The van der Waals surface area contributed by atoms with Crippen LogP contribution in [-0.4, -0.2) is 29.0 Å². The molecule has 0 saturated heterocycles. The zero-order valence-corrected chi connectivity index (χ0v) is 16.6. The maximum atomic E-state index is 11.6. The van der Waals surface area contributed by atoms with Gasteiger partial charge in [-0.2, -0.15) is 10.2 Å². The minimum absolute atomic E-state index is 0.0491. The van der Waals surface area contributed by atoms with Crippen molar-refractivity contribution in [2.45, 2.75) is 30.8 Å². The van der Waals surface area contributed by atoms with Gasteiger partial charge in [0, 0.05) is 30.3 Å². The van der Waals surface area contributed by atoms with Gasteiger partial charge in [-0.3, -0.25) is 9.69 Å². The third kappa shape index (κ3) is 3.87. The Hall–Kier alpha value is -3.17. The number of primary sulfonamides is 1. The van der Waals surface area contributed by atoms with Gasteiger partial charge in [0.2, 0.25) is 10.0 Å². The zero-order chi connectivity index (χ0) is 20.6. The van der Waals surface area contributed by atoms with Crippen LogP contribution in [0.5, 0.6) is 5.75 Å². The first-order valence-corrected chi connectivity index (χ1v) is 10.7. The summed E-state index contributed by atoms with van der Waals surface area (Å²) < 4.78 is 25.0. The number of nitrogens with two attached hydrogens (primary N) is 1. The number of rotatable bonds is 5. The molecule has 1 aliphatic heterocycles. The van der Waals surface area contributed by atoms with E-state index in [1.54, 1.807) is 30.3 Å². The van der Waals surface area contributed by atoms with E-state index in [0.29, 0.717) is 6.42 Å².